The number of rotatable bonds is 0. The van der Waals surface area contributed by atoms with Crippen molar-refractivity contribution >= 4 is 5.57 Å². The lowest BCUT2D eigenvalue weighted by Gasteiger charge is -2.30. The van der Waals surface area contributed by atoms with Crippen LogP contribution in [0.4, 0.5) is 0 Å². The van der Waals surface area contributed by atoms with E-state index in [0.29, 0.717) is 6.42 Å². The van der Waals surface area contributed by atoms with Gasteiger partial charge >= 0.3 is 0 Å². The van der Waals surface area contributed by atoms with Gasteiger partial charge in [0.2, 0.25) is 0 Å². The quantitative estimate of drug-likeness (QED) is 0.644. The highest BCUT2D eigenvalue weighted by Gasteiger charge is 2.55. The zero-order valence-corrected chi connectivity index (χ0v) is 14.3. The van der Waals surface area contributed by atoms with E-state index < -0.39 is 0 Å². The van der Waals surface area contributed by atoms with Crippen LogP contribution in [0.25, 0.3) is 16.7 Å². The summed E-state index contributed by atoms with van der Waals surface area (Å²) < 4.78 is 0. The van der Waals surface area contributed by atoms with Crippen LogP contribution in [0.15, 0.2) is 89.8 Å². The smallest absolute Gasteiger partial charge is 0.0743 e. The molecule has 6 rings (SSSR count). The second-order valence-corrected chi connectivity index (χ2v) is 7.36. The fourth-order valence-corrected chi connectivity index (χ4v) is 5.40. The monoisotopic (exact) mass is 334 g/mol. The van der Waals surface area contributed by atoms with Crippen LogP contribution in [0.5, 0.6) is 0 Å². The van der Waals surface area contributed by atoms with Gasteiger partial charge in [-0.1, -0.05) is 72.8 Å². The number of allylic oxidation sites excluding steroid dienone is 2. The van der Waals surface area contributed by atoms with Crippen LogP contribution in [0.3, 0.4) is 0 Å². The fourth-order valence-electron chi connectivity index (χ4n) is 5.40. The van der Waals surface area contributed by atoms with Gasteiger partial charge in [0.25, 0.3) is 0 Å². The Morgan fingerprint density at radius 2 is 1.04 bits per heavy atom. The molecule has 0 radical (unpaired) electrons. The molecule has 0 aromatic heterocycles. The number of fused-ring (bicyclic) bond motifs is 10. The van der Waals surface area contributed by atoms with Gasteiger partial charge in [0.1, 0.15) is 0 Å². The van der Waals surface area contributed by atoms with Gasteiger partial charge in [-0.2, -0.15) is 0 Å². The minimum atomic E-state index is -0.343. The van der Waals surface area contributed by atoms with Gasteiger partial charge in [-0.25, -0.2) is 0 Å². The zero-order chi connectivity index (χ0) is 17.5. The number of benzene rings is 3. The number of nitrogens with two attached hydrogens (primary N) is 2. The summed E-state index contributed by atoms with van der Waals surface area (Å²) in [5.41, 5.74) is 24.7. The molecule has 0 aliphatic heterocycles. The van der Waals surface area contributed by atoms with Gasteiger partial charge in [0.15, 0.2) is 0 Å². The van der Waals surface area contributed by atoms with Crippen LogP contribution in [0.2, 0.25) is 0 Å². The molecule has 0 bridgehead atoms. The van der Waals surface area contributed by atoms with Gasteiger partial charge in [-0.3, -0.25) is 0 Å². The normalized spacial score (nSPS) is 18.2. The number of hydrogen-bond acceptors (Lipinski definition) is 2. The minimum Gasteiger partial charge on any atom is -0.401 e. The van der Waals surface area contributed by atoms with E-state index in [-0.39, 0.29) is 5.41 Å². The molecule has 3 aromatic rings. The minimum absolute atomic E-state index is 0.343. The first-order chi connectivity index (χ1) is 12.7. The van der Waals surface area contributed by atoms with Gasteiger partial charge in [0.05, 0.1) is 5.41 Å². The molecule has 0 amide bonds. The fraction of sp³-hybridized carbons (Fsp3) is 0.0833. The van der Waals surface area contributed by atoms with Gasteiger partial charge in [-0.05, 0) is 33.4 Å². The summed E-state index contributed by atoms with van der Waals surface area (Å²) in [6, 6.07) is 26.1. The summed E-state index contributed by atoms with van der Waals surface area (Å²) in [5.74, 6) is 0. The maximum Gasteiger partial charge on any atom is 0.0743 e. The Morgan fingerprint density at radius 1 is 0.577 bits per heavy atom. The third-order valence-electron chi connectivity index (χ3n) is 6.20. The summed E-state index contributed by atoms with van der Waals surface area (Å²) in [4.78, 5) is 0. The Morgan fingerprint density at radius 3 is 1.62 bits per heavy atom. The van der Waals surface area contributed by atoms with Crippen molar-refractivity contribution in [3.05, 3.63) is 112 Å². The van der Waals surface area contributed by atoms with Gasteiger partial charge in [-0.15, -0.1) is 0 Å². The third-order valence-corrected chi connectivity index (χ3v) is 6.20. The second-order valence-electron chi connectivity index (χ2n) is 7.36. The van der Waals surface area contributed by atoms with Crippen LogP contribution in [0, 0.1) is 0 Å². The van der Waals surface area contributed by atoms with Crippen molar-refractivity contribution in [1.29, 1.82) is 0 Å². The highest BCUT2D eigenvalue weighted by Crippen LogP contribution is 2.65. The Kier molecular flexibility index (Phi) is 2.40. The molecular formula is C24H18N2. The first kappa shape index (κ1) is 14.0. The molecule has 0 heterocycles. The average molecular weight is 334 g/mol. The highest BCUT2D eigenvalue weighted by molar-refractivity contribution is 6.02. The largest absolute Gasteiger partial charge is 0.401 e. The molecule has 0 saturated heterocycles. The molecule has 2 nitrogen and oxygen atoms in total. The van der Waals surface area contributed by atoms with Crippen LogP contribution in [-0.4, -0.2) is 0 Å². The third kappa shape index (κ3) is 1.34. The molecule has 2 heteroatoms. The first-order valence-electron chi connectivity index (χ1n) is 9.02. The van der Waals surface area contributed by atoms with E-state index >= 15 is 0 Å². The second kappa shape index (κ2) is 4.47. The molecule has 0 atom stereocenters. The van der Waals surface area contributed by atoms with E-state index in [1.54, 1.807) is 0 Å². The summed E-state index contributed by atoms with van der Waals surface area (Å²) in [6.45, 7) is 0. The predicted molar refractivity (Wildman–Crippen MR) is 105 cm³/mol. The van der Waals surface area contributed by atoms with Crippen LogP contribution in [-0.2, 0) is 5.41 Å². The molecule has 1 spiro atoms. The SMILES string of the molecule is NC1=C2C(=C(N)C1)C1(c3ccccc32)c2ccccc2-c2ccccc21. The molecule has 3 aliphatic rings. The van der Waals surface area contributed by atoms with E-state index in [1.165, 1.54) is 39.0 Å². The van der Waals surface area contributed by atoms with E-state index in [9.17, 15) is 0 Å². The predicted octanol–water partition coefficient (Wildman–Crippen LogP) is 4.30. The maximum absolute atomic E-state index is 6.62. The topological polar surface area (TPSA) is 52.0 Å². The molecule has 4 N–H and O–H groups in total. The molecule has 3 aliphatic carbocycles. The van der Waals surface area contributed by atoms with Crippen molar-refractivity contribution in [2.24, 2.45) is 11.5 Å². The van der Waals surface area contributed by atoms with Crippen LogP contribution in [0.1, 0.15) is 28.7 Å². The lowest BCUT2D eigenvalue weighted by Crippen LogP contribution is -2.27. The first-order valence-corrected chi connectivity index (χ1v) is 9.02. The Labute approximate surface area is 152 Å². The summed E-state index contributed by atoms with van der Waals surface area (Å²) in [6.07, 6.45) is 0.658. The van der Waals surface area contributed by atoms with Gasteiger partial charge < -0.3 is 11.5 Å². The van der Waals surface area contributed by atoms with Crippen LogP contribution < -0.4 is 11.5 Å². The van der Waals surface area contributed by atoms with E-state index in [4.69, 9.17) is 11.5 Å². The Balaban J connectivity index is 1.88. The van der Waals surface area contributed by atoms with E-state index in [1.807, 2.05) is 0 Å². The van der Waals surface area contributed by atoms with Crippen LogP contribution >= 0.6 is 0 Å². The van der Waals surface area contributed by atoms with Crippen molar-refractivity contribution in [3.63, 3.8) is 0 Å². The van der Waals surface area contributed by atoms with Crippen molar-refractivity contribution < 1.29 is 0 Å². The summed E-state index contributed by atoms with van der Waals surface area (Å²) in [7, 11) is 0. The molecule has 0 unspecified atom stereocenters. The molecular weight excluding hydrogens is 316 g/mol. The molecule has 3 aromatic carbocycles. The molecule has 124 valence electrons. The van der Waals surface area contributed by atoms with Crippen molar-refractivity contribution in [2.45, 2.75) is 11.8 Å². The zero-order valence-electron chi connectivity index (χ0n) is 14.3. The van der Waals surface area contributed by atoms with Crippen molar-refractivity contribution in [2.75, 3.05) is 0 Å². The highest BCUT2D eigenvalue weighted by atomic mass is 14.7. The Bertz CT molecular complexity index is 1130. The Hall–Kier alpha value is -3.26. The van der Waals surface area contributed by atoms with E-state index in [2.05, 4.69) is 72.8 Å². The summed E-state index contributed by atoms with van der Waals surface area (Å²) >= 11 is 0. The van der Waals surface area contributed by atoms with Crippen molar-refractivity contribution in [3.8, 4) is 11.1 Å². The van der Waals surface area contributed by atoms with Gasteiger partial charge in [0, 0.05) is 29.0 Å². The average Bonchev–Trinajstić information content (AvgIpc) is 3.26. The number of hydrogen-bond donors (Lipinski definition) is 2. The lowest BCUT2D eigenvalue weighted by molar-refractivity contribution is 0.781. The molecule has 26 heavy (non-hydrogen) atoms. The molecule has 0 saturated carbocycles. The van der Waals surface area contributed by atoms with E-state index in [0.717, 1.165) is 17.0 Å². The lowest BCUT2D eigenvalue weighted by atomic mass is 9.70. The molecule has 0 fully saturated rings. The summed E-state index contributed by atoms with van der Waals surface area (Å²) in [5, 5.41) is 0. The maximum atomic E-state index is 6.62. The van der Waals surface area contributed by atoms with Crippen molar-refractivity contribution in [1.82, 2.24) is 0 Å². The standard InChI is InChI=1S/C24H18N2/c25-20-13-21(26)23-22(20)16-9-3-6-12-19(16)24(23)17-10-4-1-7-14(17)15-8-2-5-11-18(15)24/h1-12H,13,25-26H2.